The number of methoxy groups -OCH3 is 1. The van der Waals surface area contributed by atoms with Crippen LogP contribution in [0.1, 0.15) is 17.5 Å². The number of nitrogens with zero attached hydrogens (tertiary/aromatic N) is 1. The Balaban J connectivity index is 2.64. The summed E-state index contributed by atoms with van der Waals surface area (Å²) in [5, 5.41) is 0. The van der Waals surface area contributed by atoms with Gasteiger partial charge >= 0.3 is 0 Å². The number of ether oxygens (including phenoxy) is 1. The highest BCUT2D eigenvalue weighted by Gasteiger charge is 2.02. The lowest BCUT2D eigenvalue weighted by Gasteiger charge is -2.07. The van der Waals surface area contributed by atoms with E-state index in [-0.39, 0.29) is 0 Å². The molecule has 13 heavy (non-hydrogen) atoms. The first-order valence-electron chi connectivity index (χ1n) is 4.44. The first-order valence-corrected chi connectivity index (χ1v) is 4.44. The average Bonchev–Trinajstić information content (AvgIpc) is 2.10. The lowest BCUT2D eigenvalue weighted by atomic mass is 10.1. The van der Waals surface area contributed by atoms with Gasteiger partial charge in [0.2, 0.25) is 0 Å². The van der Waals surface area contributed by atoms with E-state index in [1.54, 1.807) is 13.3 Å². The maximum Gasteiger partial charge on any atom is 0.126 e. The molecular weight excluding hydrogens is 164 g/mol. The van der Waals surface area contributed by atoms with Crippen molar-refractivity contribution >= 4 is 5.82 Å². The summed E-state index contributed by atoms with van der Waals surface area (Å²) in [4.78, 5) is 4.06. The van der Waals surface area contributed by atoms with Crippen molar-refractivity contribution in [2.45, 2.75) is 19.8 Å². The highest BCUT2D eigenvalue weighted by molar-refractivity contribution is 5.43. The van der Waals surface area contributed by atoms with Crippen molar-refractivity contribution in [1.29, 1.82) is 0 Å². The lowest BCUT2D eigenvalue weighted by molar-refractivity contribution is 0.195. The number of aromatic nitrogens is 1. The Morgan fingerprint density at radius 3 is 2.92 bits per heavy atom. The van der Waals surface area contributed by atoms with Crippen LogP contribution in [0.5, 0.6) is 0 Å². The third-order valence-electron chi connectivity index (χ3n) is 2.10. The molecule has 0 amide bonds. The number of rotatable bonds is 4. The summed E-state index contributed by atoms with van der Waals surface area (Å²) in [7, 11) is 1.71. The third-order valence-corrected chi connectivity index (χ3v) is 2.10. The first-order chi connectivity index (χ1) is 6.25. The zero-order chi connectivity index (χ0) is 9.68. The van der Waals surface area contributed by atoms with Crippen molar-refractivity contribution < 1.29 is 4.74 Å². The van der Waals surface area contributed by atoms with Crippen LogP contribution in [0.2, 0.25) is 0 Å². The maximum atomic E-state index is 5.75. The van der Waals surface area contributed by atoms with Gasteiger partial charge in [0.1, 0.15) is 5.82 Å². The third kappa shape index (κ3) is 2.70. The van der Waals surface area contributed by atoms with E-state index >= 15 is 0 Å². The fraction of sp³-hybridized carbons (Fsp3) is 0.500. The molecule has 1 aromatic rings. The zero-order valence-corrected chi connectivity index (χ0v) is 8.21. The van der Waals surface area contributed by atoms with Crippen molar-refractivity contribution in [2.75, 3.05) is 19.5 Å². The standard InChI is InChI=1S/C10H16N2O/c1-8-5-6-12-10(11)9(8)4-3-7-13-2/h5-6H,3-4,7H2,1-2H3,(H2,11,12). The van der Waals surface area contributed by atoms with Gasteiger partial charge in [-0.05, 0) is 37.0 Å². The van der Waals surface area contributed by atoms with Crippen LogP contribution in [0.4, 0.5) is 5.82 Å². The minimum atomic E-state index is 0.649. The van der Waals surface area contributed by atoms with Crippen molar-refractivity contribution in [2.24, 2.45) is 0 Å². The van der Waals surface area contributed by atoms with E-state index in [2.05, 4.69) is 11.9 Å². The van der Waals surface area contributed by atoms with Gasteiger partial charge in [0.15, 0.2) is 0 Å². The SMILES string of the molecule is COCCCc1c(C)ccnc1N. The second-order valence-corrected chi connectivity index (χ2v) is 3.09. The van der Waals surface area contributed by atoms with Gasteiger partial charge in [-0.2, -0.15) is 0 Å². The van der Waals surface area contributed by atoms with E-state index in [1.807, 2.05) is 6.07 Å². The quantitative estimate of drug-likeness (QED) is 0.715. The van der Waals surface area contributed by atoms with Crippen LogP contribution < -0.4 is 5.73 Å². The van der Waals surface area contributed by atoms with Gasteiger partial charge in [-0.15, -0.1) is 0 Å². The fourth-order valence-corrected chi connectivity index (χ4v) is 1.33. The molecule has 0 unspecified atom stereocenters. The molecule has 0 saturated heterocycles. The predicted octanol–water partition coefficient (Wildman–Crippen LogP) is 1.55. The molecule has 2 N–H and O–H groups in total. The van der Waals surface area contributed by atoms with Gasteiger partial charge in [0.25, 0.3) is 0 Å². The van der Waals surface area contributed by atoms with Crippen LogP contribution >= 0.6 is 0 Å². The van der Waals surface area contributed by atoms with Crippen molar-refractivity contribution in [3.05, 3.63) is 23.4 Å². The number of pyridine rings is 1. The van der Waals surface area contributed by atoms with Gasteiger partial charge in [0.05, 0.1) is 0 Å². The normalized spacial score (nSPS) is 10.3. The molecule has 1 aromatic heterocycles. The van der Waals surface area contributed by atoms with Crippen LogP contribution in [-0.4, -0.2) is 18.7 Å². The summed E-state index contributed by atoms with van der Waals surface area (Å²) in [5.41, 5.74) is 8.12. The lowest BCUT2D eigenvalue weighted by Crippen LogP contribution is -2.01. The van der Waals surface area contributed by atoms with E-state index in [4.69, 9.17) is 10.5 Å². The Bertz CT molecular complexity index is 253. The Kier molecular flexibility index (Phi) is 3.71. The molecule has 0 radical (unpaired) electrons. The average molecular weight is 180 g/mol. The van der Waals surface area contributed by atoms with Gasteiger partial charge in [-0.25, -0.2) is 4.98 Å². The number of hydrogen-bond acceptors (Lipinski definition) is 3. The number of nitrogens with two attached hydrogens (primary N) is 1. The number of nitrogen functional groups attached to an aromatic ring is 1. The fourth-order valence-electron chi connectivity index (χ4n) is 1.33. The Hall–Kier alpha value is -1.09. The second kappa shape index (κ2) is 4.82. The van der Waals surface area contributed by atoms with Gasteiger partial charge in [-0.3, -0.25) is 0 Å². The summed E-state index contributed by atoms with van der Waals surface area (Å²) < 4.78 is 4.98. The van der Waals surface area contributed by atoms with Gasteiger partial charge in [-0.1, -0.05) is 0 Å². The molecule has 0 aliphatic carbocycles. The molecule has 3 nitrogen and oxygen atoms in total. The molecular formula is C10H16N2O. The Labute approximate surface area is 78.9 Å². The smallest absolute Gasteiger partial charge is 0.126 e. The van der Waals surface area contributed by atoms with Crippen molar-refractivity contribution in [3.8, 4) is 0 Å². The van der Waals surface area contributed by atoms with Crippen LogP contribution in [0.15, 0.2) is 12.3 Å². The van der Waals surface area contributed by atoms with E-state index < -0.39 is 0 Å². The molecule has 0 aromatic carbocycles. The largest absolute Gasteiger partial charge is 0.385 e. The van der Waals surface area contributed by atoms with E-state index in [9.17, 15) is 0 Å². The van der Waals surface area contributed by atoms with E-state index in [1.165, 1.54) is 5.56 Å². The van der Waals surface area contributed by atoms with Crippen molar-refractivity contribution in [3.63, 3.8) is 0 Å². The maximum absolute atomic E-state index is 5.75. The molecule has 1 heterocycles. The molecule has 0 aliphatic rings. The van der Waals surface area contributed by atoms with Crippen LogP contribution in [0.3, 0.4) is 0 Å². The van der Waals surface area contributed by atoms with E-state index in [0.717, 1.165) is 25.0 Å². The number of hydrogen-bond donors (Lipinski definition) is 1. The van der Waals surface area contributed by atoms with Gasteiger partial charge < -0.3 is 10.5 Å². The Morgan fingerprint density at radius 1 is 1.54 bits per heavy atom. The van der Waals surface area contributed by atoms with Crippen LogP contribution in [0.25, 0.3) is 0 Å². The summed E-state index contributed by atoms with van der Waals surface area (Å²) in [6.07, 6.45) is 3.68. The monoisotopic (exact) mass is 180 g/mol. The molecule has 0 saturated carbocycles. The first kappa shape index (κ1) is 9.99. The molecule has 0 aliphatic heterocycles. The minimum absolute atomic E-state index is 0.649. The van der Waals surface area contributed by atoms with Crippen molar-refractivity contribution in [1.82, 2.24) is 4.98 Å². The number of aryl methyl sites for hydroxylation is 1. The highest BCUT2D eigenvalue weighted by Crippen LogP contribution is 2.15. The summed E-state index contributed by atoms with van der Waals surface area (Å²) in [5.74, 6) is 0.649. The zero-order valence-electron chi connectivity index (χ0n) is 8.21. The topological polar surface area (TPSA) is 48.1 Å². The Morgan fingerprint density at radius 2 is 2.31 bits per heavy atom. The molecule has 1 rings (SSSR count). The summed E-state index contributed by atoms with van der Waals surface area (Å²) in [6.45, 7) is 2.83. The van der Waals surface area contributed by atoms with E-state index in [0.29, 0.717) is 5.82 Å². The predicted molar refractivity (Wildman–Crippen MR) is 53.6 cm³/mol. The van der Waals surface area contributed by atoms with Gasteiger partial charge in [0, 0.05) is 19.9 Å². The van der Waals surface area contributed by atoms with Crippen LogP contribution in [-0.2, 0) is 11.2 Å². The highest BCUT2D eigenvalue weighted by atomic mass is 16.5. The summed E-state index contributed by atoms with van der Waals surface area (Å²) >= 11 is 0. The van der Waals surface area contributed by atoms with Crippen LogP contribution in [0, 0.1) is 6.92 Å². The molecule has 0 spiro atoms. The summed E-state index contributed by atoms with van der Waals surface area (Å²) in [6, 6.07) is 1.98. The molecule has 72 valence electrons. The molecule has 3 heteroatoms. The molecule has 0 atom stereocenters. The minimum Gasteiger partial charge on any atom is -0.385 e. The second-order valence-electron chi connectivity index (χ2n) is 3.09. The molecule has 0 bridgehead atoms. The molecule has 0 fully saturated rings. The number of anilines is 1.